The summed E-state index contributed by atoms with van der Waals surface area (Å²) < 4.78 is 11.8. The largest absolute Gasteiger partial charge is 0.399 e. The molecule has 4 N–H and O–H groups in total. The van der Waals surface area contributed by atoms with Gasteiger partial charge in [-0.25, -0.2) is 0 Å². The zero-order valence-electron chi connectivity index (χ0n) is 31.0. The Kier molecular flexibility index (Phi) is 16.8. The highest BCUT2D eigenvalue weighted by Gasteiger charge is 2.42. The number of ether oxygens (including phenoxy) is 2. The molecule has 1 aliphatic rings. The summed E-state index contributed by atoms with van der Waals surface area (Å²) in [6.45, 7) is 10.7. The second-order valence-corrected chi connectivity index (χ2v) is 13.8. The van der Waals surface area contributed by atoms with Crippen molar-refractivity contribution in [3.8, 4) is 0 Å². The fraction of sp³-hybridized carbons (Fsp3) is 0.722. The Morgan fingerprint density at radius 3 is 2.17 bits per heavy atom. The van der Waals surface area contributed by atoms with Gasteiger partial charge in [0.05, 0.1) is 49.2 Å². The van der Waals surface area contributed by atoms with Crippen LogP contribution in [0.3, 0.4) is 0 Å². The van der Waals surface area contributed by atoms with Crippen molar-refractivity contribution in [3.05, 3.63) is 29.8 Å². The highest BCUT2D eigenvalue weighted by atomic mass is 16.5. The fourth-order valence-electron chi connectivity index (χ4n) is 7.03. The summed E-state index contributed by atoms with van der Waals surface area (Å²) in [5, 5.41) is 5.83. The number of amides is 4. The third kappa shape index (κ3) is 11.2. The second kappa shape index (κ2) is 19.7. The van der Waals surface area contributed by atoms with Crippen molar-refractivity contribution in [3.63, 3.8) is 0 Å². The van der Waals surface area contributed by atoms with Gasteiger partial charge in [-0.2, -0.15) is 0 Å². The minimum atomic E-state index is -0.571. The Balaban J connectivity index is 2.10. The number of hydrogen-bond acceptors (Lipinski definition) is 8. The number of methoxy groups -OCH3 is 2. The van der Waals surface area contributed by atoms with Gasteiger partial charge in [0.2, 0.25) is 23.6 Å². The number of carbonyl (C=O) groups excluding carboxylic acids is 4. The van der Waals surface area contributed by atoms with Gasteiger partial charge in [-0.1, -0.05) is 53.2 Å². The molecule has 1 fully saturated rings. The van der Waals surface area contributed by atoms with Crippen LogP contribution >= 0.6 is 0 Å². The molecule has 0 aliphatic carbocycles. The molecule has 1 aliphatic heterocycles. The summed E-state index contributed by atoms with van der Waals surface area (Å²) in [6.07, 6.45) is 1.99. The molecule has 0 saturated carbocycles. The lowest BCUT2D eigenvalue weighted by Gasteiger charge is -2.39. The van der Waals surface area contributed by atoms with Crippen molar-refractivity contribution < 1.29 is 28.7 Å². The summed E-state index contributed by atoms with van der Waals surface area (Å²) in [5.41, 5.74) is 7.55. The molecule has 1 aromatic rings. The van der Waals surface area contributed by atoms with Crippen molar-refractivity contribution in [2.75, 3.05) is 60.7 Å². The Morgan fingerprint density at radius 2 is 1.62 bits per heavy atom. The van der Waals surface area contributed by atoms with Crippen LogP contribution in [0.1, 0.15) is 65.9 Å². The van der Waals surface area contributed by atoms with E-state index in [2.05, 4.69) is 10.6 Å². The van der Waals surface area contributed by atoms with E-state index in [0.717, 1.165) is 24.8 Å². The highest BCUT2D eigenvalue weighted by Crippen LogP contribution is 2.29. The molecule has 272 valence electrons. The summed E-state index contributed by atoms with van der Waals surface area (Å²) in [6, 6.07) is 6.57. The number of nitrogen functional groups attached to an aromatic ring is 1. The number of nitrogens with two attached hydrogens (primary N) is 1. The molecule has 4 amide bonds. The van der Waals surface area contributed by atoms with E-state index in [9.17, 15) is 19.2 Å². The maximum absolute atomic E-state index is 13.9. The van der Waals surface area contributed by atoms with Gasteiger partial charge >= 0.3 is 0 Å². The average Bonchev–Trinajstić information content (AvgIpc) is 3.53. The molecule has 2 rings (SSSR count). The van der Waals surface area contributed by atoms with Gasteiger partial charge in [0, 0.05) is 40.0 Å². The lowest BCUT2D eigenvalue weighted by Crippen LogP contribution is -2.55. The number of likely N-dealkylation sites (N-methyl/N-ethyl adjacent to an activating group) is 2. The van der Waals surface area contributed by atoms with Crippen LogP contribution in [0.4, 0.5) is 5.69 Å². The quantitative estimate of drug-likeness (QED) is 0.190. The van der Waals surface area contributed by atoms with Crippen LogP contribution in [-0.4, -0.2) is 124 Å². The van der Waals surface area contributed by atoms with Crippen LogP contribution in [0.25, 0.3) is 0 Å². The zero-order chi connectivity index (χ0) is 36.1. The predicted molar refractivity (Wildman–Crippen MR) is 189 cm³/mol. The summed E-state index contributed by atoms with van der Waals surface area (Å²) in [5.74, 6) is -1.05. The number of hydrogen-bond donors (Lipinski definition) is 3. The lowest BCUT2D eigenvalue weighted by molar-refractivity contribution is -0.145. The smallest absolute Gasteiger partial charge is 0.242 e. The first kappa shape index (κ1) is 41.0. The molecule has 1 aromatic carbocycles. The van der Waals surface area contributed by atoms with Crippen molar-refractivity contribution in [1.29, 1.82) is 0 Å². The van der Waals surface area contributed by atoms with Crippen LogP contribution in [0.15, 0.2) is 24.3 Å². The van der Waals surface area contributed by atoms with Crippen LogP contribution in [0.5, 0.6) is 0 Å². The molecule has 12 heteroatoms. The number of anilines is 1. The van der Waals surface area contributed by atoms with Crippen molar-refractivity contribution in [2.45, 2.75) is 97.1 Å². The van der Waals surface area contributed by atoms with Gasteiger partial charge in [-0.3, -0.25) is 24.1 Å². The maximum atomic E-state index is 13.9. The first-order valence-corrected chi connectivity index (χ1v) is 17.3. The second-order valence-electron chi connectivity index (χ2n) is 13.8. The van der Waals surface area contributed by atoms with Gasteiger partial charge in [-0.05, 0) is 62.9 Å². The van der Waals surface area contributed by atoms with Gasteiger partial charge < -0.3 is 35.6 Å². The molecule has 0 bridgehead atoms. The monoisotopic (exact) mass is 674 g/mol. The normalized spacial score (nSPS) is 18.6. The lowest BCUT2D eigenvalue weighted by atomic mass is 9.90. The Morgan fingerprint density at radius 1 is 0.979 bits per heavy atom. The number of likely N-dealkylation sites (tertiary alicyclic amines) is 1. The van der Waals surface area contributed by atoms with Crippen LogP contribution in [-0.2, 0) is 35.1 Å². The standard InChI is InChI=1S/C36H62N6O6/c1-11-24(4)33(41(8)31(44)22-39-36(46)32(23(2)3)40(6)7)29(47-9)21-30(43)42-20-12-13-28(42)34(48-10)25(5)35(45)38-19-18-26-14-16-27(37)17-15-26/h14-17,23-25,28-29,32-34H,11-13,18-22,37H2,1-10H3,(H,38,45)(H,39,46). The van der Waals surface area contributed by atoms with E-state index < -0.39 is 24.2 Å². The van der Waals surface area contributed by atoms with E-state index in [4.69, 9.17) is 15.2 Å². The minimum Gasteiger partial charge on any atom is -0.399 e. The van der Waals surface area contributed by atoms with E-state index in [0.29, 0.717) is 25.2 Å². The molecule has 48 heavy (non-hydrogen) atoms. The molecule has 12 nitrogen and oxygen atoms in total. The third-order valence-corrected chi connectivity index (χ3v) is 9.87. The first-order valence-electron chi connectivity index (χ1n) is 17.3. The Bertz CT molecular complexity index is 1170. The van der Waals surface area contributed by atoms with Crippen molar-refractivity contribution in [1.82, 2.24) is 25.3 Å². The van der Waals surface area contributed by atoms with E-state index in [1.54, 1.807) is 26.2 Å². The molecule has 1 heterocycles. The van der Waals surface area contributed by atoms with Crippen LogP contribution in [0, 0.1) is 17.8 Å². The van der Waals surface area contributed by atoms with Crippen molar-refractivity contribution in [2.24, 2.45) is 17.8 Å². The third-order valence-electron chi connectivity index (χ3n) is 9.87. The number of benzene rings is 1. The van der Waals surface area contributed by atoms with Gasteiger partial charge in [-0.15, -0.1) is 0 Å². The number of rotatable bonds is 19. The molecule has 0 spiro atoms. The van der Waals surface area contributed by atoms with E-state index in [-0.39, 0.29) is 60.5 Å². The molecule has 1 saturated heterocycles. The maximum Gasteiger partial charge on any atom is 0.242 e. The van der Waals surface area contributed by atoms with Gasteiger partial charge in [0.15, 0.2) is 0 Å². The molecule has 7 atom stereocenters. The van der Waals surface area contributed by atoms with Gasteiger partial charge in [0.25, 0.3) is 0 Å². The molecule has 0 aromatic heterocycles. The Labute approximate surface area is 288 Å². The summed E-state index contributed by atoms with van der Waals surface area (Å²) >= 11 is 0. The molecule has 0 radical (unpaired) electrons. The average molecular weight is 675 g/mol. The SMILES string of the molecule is CCC(C)C(C(CC(=O)N1CCCC1C(OC)C(C)C(=O)NCCc1ccc(N)cc1)OC)N(C)C(=O)CNC(=O)C(C(C)C)N(C)C. The molecular formula is C36H62N6O6. The fourth-order valence-corrected chi connectivity index (χ4v) is 7.03. The number of nitrogens with one attached hydrogen (secondary N) is 2. The zero-order valence-corrected chi connectivity index (χ0v) is 31.0. The number of carbonyl (C=O) groups is 4. The van der Waals surface area contributed by atoms with Crippen LogP contribution in [0.2, 0.25) is 0 Å². The van der Waals surface area contributed by atoms with Crippen LogP contribution < -0.4 is 16.4 Å². The number of nitrogens with zero attached hydrogens (tertiary/aromatic N) is 3. The summed E-state index contributed by atoms with van der Waals surface area (Å²) in [7, 11) is 8.55. The van der Waals surface area contributed by atoms with E-state index >= 15 is 0 Å². The van der Waals surface area contributed by atoms with E-state index in [1.165, 1.54) is 0 Å². The van der Waals surface area contributed by atoms with Crippen molar-refractivity contribution >= 4 is 29.3 Å². The molecular weight excluding hydrogens is 612 g/mol. The Hall–Kier alpha value is -3.22. The van der Waals surface area contributed by atoms with Gasteiger partial charge in [0.1, 0.15) is 0 Å². The minimum absolute atomic E-state index is 0.0237. The predicted octanol–water partition coefficient (Wildman–Crippen LogP) is 2.55. The topological polar surface area (TPSA) is 147 Å². The summed E-state index contributed by atoms with van der Waals surface area (Å²) in [4.78, 5) is 58.7. The molecule has 7 unspecified atom stereocenters. The first-order chi connectivity index (χ1) is 22.7. The van der Waals surface area contributed by atoms with E-state index in [1.807, 2.05) is 82.8 Å². The highest BCUT2D eigenvalue weighted by molar-refractivity contribution is 5.87.